The van der Waals surface area contributed by atoms with Gasteiger partial charge in [0.2, 0.25) is 0 Å². The van der Waals surface area contributed by atoms with E-state index in [2.05, 4.69) is 20.8 Å². The van der Waals surface area contributed by atoms with Gasteiger partial charge in [0.25, 0.3) is 11.8 Å². The van der Waals surface area contributed by atoms with E-state index in [1.807, 2.05) is 0 Å². The average molecular weight is 693 g/mol. The van der Waals surface area contributed by atoms with Crippen LogP contribution in [0.15, 0.2) is 72.8 Å². The number of nitrogens with zero attached hydrogens (tertiary/aromatic N) is 4. The van der Waals surface area contributed by atoms with Crippen molar-refractivity contribution >= 4 is 23.2 Å². The first-order valence-corrected chi connectivity index (χ1v) is 16.2. The second-order valence-electron chi connectivity index (χ2n) is 12.4. The topological polar surface area (TPSA) is 93.8 Å². The maximum atomic E-state index is 13.6. The molecule has 0 bridgehead atoms. The number of alkyl halides is 6. The molecular weight excluding hydrogens is 662 g/mol. The molecule has 0 spiro atoms. The zero-order valence-electron chi connectivity index (χ0n) is 26.5. The van der Waals surface area contributed by atoms with Crippen LogP contribution in [0.5, 0.6) is 0 Å². The van der Waals surface area contributed by atoms with Crippen molar-refractivity contribution in [3.8, 4) is 11.4 Å². The number of rotatable bonds is 6. The lowest BCUT2D eigenvalue weighted by Crippen LogP contribution is -2.14. The summed E-state index contributed by atoms with van der Waals surface area (Å²) in [6.07, 6.45) is -4.56. The van der Waals surface area contributed by atoms with Crippen LogP contribution in [0.3, 0.4) is 0 Å². The van der Waals surface area contributed by atoms with Crippen molar-refractivity contribution in [3.05, 3.63) is 118 Å². The van der Waals surface area contributed by atoms with Gasteiger partial charge in [-0.25, -0.2) is 9.36 Å². The molecule has 5 aromatic rings. The van der Waals surface area contributed by atoms with Gasteiger partial charge in [-0.2, -0.15) is 36.5 Å². The Kier molecular flexibility index (Phi) is 8.48. The summed E-state index contributed by atoms with van der Waals surface area (Å²) >= 11 is 0. The number of fused-ring (bicyclic) bond motifs is 2. The number of benzene rings is 3. The summed E-state index contributed by atoms with van der Waals surface area (Å²) in [7, 11) is 0. The number of halogens is 6. The molecule has 14 heteroatoms. The van der Waals surface area contributed by atoms with E-state index in [9.17, 15) is 35.9 Å². The van der Waals surface area contributed by atoms with Gasteiger partial charge >= 0.3 is 12.4 Å². The summed E-state index contributed by atoms with van der Waals surface area (Å²) in [4.78, 5) is 25.8. The number of amides is 2. The summed E-state index contributed by atoms with van der Waals surface area (Å²) in [6.45, 7) is 0. The molecule has 0 saturated carbocycles. The Bertz CT molecular complexity index is 1910. The Morgan fingerprint density at radius 1 is 0.520 bits per heavy atom. The Hall–Kier alpha value is -5.40. The second-order valence-corrected chi connectivity index (χ2v) is 12.4. The van der Waals surface area contributed by atoms with Crippen molar-refractivity contribution in [1.29, 1.82) is 0 Å². The van der Waals surface area contributed by atoms with Gasteiger partial charge < -0.3 is 10.6 Å². The van der Waals surface area contributed by atoms with Crippen LogP contribution in [-0.4, -0.2) is 31.4 Å². The van der Waals surface area contributed by atoms with Gasteiger partial charge in [-0.05, 0) is 124 Å². The number of anilines is 2. The van der Waals surface area contributed by atoms with Crippen molar-refractivity contribution in [2.75, 3.05) is 10.6 Å². The largest absolute Gasteiger partial charge is 0.435 e. The Balaban J connectivity index is 0.987. The lowest BCUT2D eigenvalue weighted by Gasteiger charge is -2.15. The van der Waals surface area contributed by atoms with Crippen molar-refractivity contribution in [2.24, 2.45) is 0 Å². The summed E-state index contributed by atoms with van der Waals surface area (Å²) in [5, 5.41) is 13.3. The summed E-state index contributed by atoms with van der Waals surface area (Å²) in [5.41, 5.74) is 2.16. The molecule has 2 amide bonds. The lowest BCUT2D eigenvalue weighted by atomic mass is 9.95. The lowest BCUT2D eigenvalue weighted by molar-refractivity contribution is -0.142. The van der Waals surface area contributed by atoms with Gasteiger partial charge in [-0.3, -0.25) is 9.59 Å². The molecule has 3 aromatic carbocycles. The van der Waals surface area contributed by atoms with Gasteiger partial charge in [-0.15, -0.1) is 0 Å². The number of hydrogen-bond donors (Lipinski definition) is 2. The fraction of sp³-hybridized carbons (Fsp3) is 0.278. The predicted molar refractivity (Wildman–Crippen MR) is 173 cm³/mol. The smallest absolute Gasteiger partial charge is 0.322 e. The van der Waals surface area contributed by atoms with E-state index >= 15 is 0 Å². The first-order valence-electron chi connectivity index (χ1n) is 16.2. The summed E-state index contributed by atoms with van der Waals surface area (Å²) < 4.78 is 84.3. The first-order chi connectivity index (χ1) is 23.9. The third-order valence-electron chi connectivity index (χ3n) is 9.05. The minimum absolute atomic E-state index is 0.234. The SMILES string of the molecule is O=C(Nc1ccc(NC(=O)c2ccc(-n3nc(C(F)(F)F)c4c3CCCC4)cc2)cc1)c1ccc(-n2nc(C(F)(F)F)c3c2CCCC3)cc1. The van der Waals surface area contributed by atoms with Crippen LogP contribution >= 0.6 is 0 Å². The van der Waals surface area contributed by atoms with E-state index in [-0.39, 0.29) is 22.3 Å². The normalized spacial score (nSPS) is 14.5. The van der Waals surface area contributed by atoms with Crippen molar-refractivity contribution in [1.82, 2.24) is 19.6 Å². The number of nitrogens with one attached hydrogen (secondary N) is 2. The second kappa shape index (κ2) is 12.8. The van der Waals surface area contributed by atoms with Crippen LogP contribution in [-0.2, 0) is 38.0 Å². The monoisotopic (exact) mass is 692 g/mol. The van der Waals surface area contributed by atoms with E-state index in [1.165, 1.54) is 33.6 Å². The molecule has 258 valence electrons. The maximum Gasteiger partial charge on any atom is 0.435 e. The Labute approximate surface area is 282 Å². The van der Waals surface area contributed by atoms with Gasteiger partial charge in [0, 0.05) is 45.0 Å². The highest BCUT2D eigenvalue weighted by atomic mass is 19.4. The molecule has 0 atom stereocenters. The highest BCUT2D eigenvalue weighted by Crippen LogP contribution is 2.38. The highest BCUT2D eigenvalue weighted by Gasteiger charge is 2.41. The molecule has 0 unspecified atom stereocenters. The molecule has 0 aliphatic heterocycles. The summed E-state index contributed by atoms with van der Waals surface area (Å²) in [6, 6.07) is 18.7. The van der Waals surface area contributed by atoms with Gasteiger partial charge in [-0.1, -0.05) is 0 Å². The summed E-state index contributed by atoms with van der Waals surface area (Å²) in [5.74, 6) is -0.875. The zero-order chi connectivity index (χ0) is 35.2. The molecule has 8 nitrogen and oxygen atoms in total. The number of aromatic nitrogens is 4. The Morgan fingerprint density at radius 3 is 1.20 bits per heavy atom. The highest BCUT2D eigenvalue weighted by molar-refractivity contribution is 6.05. The third-order valence-corrected chi connectivity index (χ3v) is 9.05. The van der Waals surface area contributed by atoms with Gasteiger partial charge in [0.05, 0.1) is 11.4 Å². The van der Waals surface area contributed by atoms with E-state index in [0.29, 0.717) is 72.7 Å². The van der Waals surface area contributed by atoms with Crippen LogP contribution in [0.1, 0.15) is 80.3 Å². The molecule has 0 fully saturated rings. The van der Waals surface area contributed by atoms with E-state index in [0.717, 1.165) is 12.8 Å². The van der Waals surface area contributed by atoms with E-state index < -0.39 is 35.6 Å². The molecule has 2 N–H and O–H groups in total. The molecule has 2 aliphatic rings. The molecule has 7 rings (SSSR count). The number of carbonyl (C=O) groups is 2. The molecule has 0 radical (unpaired) electrons. The molecular formula is C36H30F6N6O2. The Morgan fingerprint density at radius 2 is 0.860 bits per heavy atom. The molecule has 50 heavy (non-hydrogen) atoms. The van der Waals surface area contributed by atoms with Crippen molar-refractivity contribution in [3.63, 3.8) is 0 Å². The zero-order valence-corrected chi connectivity index (χ0v) is 26.5. The minimum atomic E-state index is -4.55. The number of hydrogen-bond acceptors (Lipinski definition) is 4. The predicted octanol–water partition coefficient (Wildman–Crippen LogP) is 8.36. The quantitative estimate of drug-likeness (QED) is 0.175. The van der Waals surface area contributed by atoms with E-state index in [4.69, 9.17) is 0 Å². The van der Waals surface area contributed by atoms with Crippen LogP contribution < -0.4 is 10.6 Å². The molecule has 0 saturated heterocycles. The van der Waals surface area contributed by atoms with Crippen LogP contribution in [0.25, 0.3) is 11.4 Å². The van der Waals surface area contributed by atoms with Crippen LogP contribution in [0.4, 0.5) is 37.7 Å². The standard InChI is InChI=1S/C36H30F6N6O2/c37-35(38,39)31-27-5-1-3-7-29(27)47(45-31)25-17-9-21(10-18-25)33(49)43-23-13-15-24(16-14-23)44-34(50)22-11-19-26(20-12-22)48-30-8-4-2-6-28(30)32(46-48)36(40,41)42/h9-20H,1-8H2,(H,43,49)(H,44,50). The first kappa shape index (κ1) is 33.1. The van der Waals surface area contributed by atoms with Gasteiger partial charge in [0.1, 0.15) is 0 Å². The molecule has 2 aromatic heterocycles. The van der Waals surface area contributed by atoms with E-state index in [1.54, 1.807) is 48.5 Å². The molecule has 2 heterocycles. The van der Waals surface area contributed by atoms with Gasteiger partial charge in [0.15, 0.2) is 11.4 Å². The fourth-order valence-corrected chi connectivity index (χ4v) is 6.63. The maximum absolute atomic E-state index is 13.6. The van der Waals surface area contributed by atoms with Crippen LogP contribution in [0.2, 0.25) is 0 Å². The van der Waals surface area contributed by atoms with Crippen LogP contribution in [0, 0.1) is 0 Å². The third kappa shape index (κ3) is 6.49. The van der Waals surface area contributed by atoms with Crippen molar-refractivity contribution < 1.29 is 35.9 Å². The number of carbonyl (C=O) groups excluding carboxylic acids is 2. The molecule has 2 aliphatic carbocycles. The van der Waals surface area contributed by atoms with Crippen molar-refractivity contribution in [2.45, 2.75) is 63.7 Å². The fourth-order valence-electron chi connectivity index (χ4n) is 6.63. The minimum Gasteiger partial charge on any atom is -0.322 e. The average Bonchev–Trinajstić information content (AvgIpc) is 3.70.